The summed E-state index contributed by atoms with van der Waals surface area (Å²) in [6, 6.07) is 6.08. The maximum Gasteiger partial charge on any atom is 0.133 e. The molecule has 1 N–H and O–H groups in total. The van der Waals surface area contributed by atoms with Crippen molar-refractivity contribution in [3.8, 4) is 18.1 Å². The molecule has 0 aromatic heterocycles. The fourth-order valence-electron chi connectivity index (χ4n) is 1.37. The predicted molar refractivity (Wildman–Crippen MR) is 70.5 cm³/mol. The van der Waals surface area contributed by atoms with Crippen LogP contribution in [-0.2, 0) is 6.54 Å². The lowest BCUT2D eigenvalue weighted by Gasteiger charge is -2.07. The number of unbranched alkanes of at least 4 members (excludes halogenated alkanes) is 1. The average molecular weight is 282 g/mol. The van der Waals surface area contributed by atoms with Crippen molar-refractivity contribution in [2.75, 3.05) is 13.7 Å². The molecular weight excluding hydrogens is 266 g/mol. The molecule has 16 heavy (non-hydrogen) atoms. The number of nitrogens with one attached hydrogen (secondary N) is 1. The van der Waals surface area contributed by atoms with Crippen molar-refractivity contribution >= 4 is 15.9 Å². The lowest BCUT2D eigenvalue weighted by Crippen LogP contribution is -2.14. The van der Waals surface area contributed by atoms with Crippen LogP contribution in [0.4, 0.5) is 0 Å². The molecule has 0 aliphatic heterocycles. The maximum absolute atomic E-state index is 5.18. The largest absolute Gasteiger partial charge is 0.496 e. The van der Waals surface area contributed by atoms with Crippen molar-refractivity contribution in [3.63, 3.8) is 0 Å². The second-order valence-electron chi connectivity index (χ2n) is 3.45. The van der Waals surface area contributed by atoms with Crippen LogP contribution >= 0.6 is 15.9 Å². The quantitative estimate of drug-likeness (QED) is 0.640. The molecule has 0 bridgehead atoms. The van der Waals surface area contributed by atoms with E-state index in [4.69, 9.17) is 11.2 Å². The fraction of sp³-hybridized carbons (Fsp3) is 0.385. The van der Waals surface area contributed by atoms with E-state index >= 15 is 0 Å². The van der Waals surface area contributed by atoms with Gasteiger partial charge in [0.2, 0.25) is 0 Å². The number of terminal acetylenes is 1. The minimum Gasteiger partial charge on any atom is -0.496 e. The van der Waals surface area contributed by atoms with Crippen molar-refractivity contribution < 1.29 is 4.74 Å². The molecule has 0 saturated carbocycles. The van der Waals surface area contributed by atoms with Crippen LogP contribution in [-0.4, -0.2) is 13.7 Å². The van der Waals surface area contributed by atoms with Gasteiger partial charge < -0.3 is 10.1 Å². The molecule has 0 aliphatic carbocycles. The monoisotopic (exact) mass is 281 g/mol. The van der Waals surface area contributed by atoms with Crippen molar-refractivity contribution in [1.82, 2.24) is 5.32 Å². The van der Waals surface area contributed by atoms with Gasteiger partial charge in [-0.15, -0.1) is 12.3 Å². The zero-order valence-corrected chi connectivity index (χ0v) is 11.0. The highest BCUT2D eigenvalue weighted by molar-refractivity contribution is 9.10. The second-order valence-corrected chi connectivity index (χ2v) is 4.31. The molecule has 0 aliphatic rings. The van der Waals surface area contributed by atoms with E-state index in [1.807, 2.05) is 6.07 Å². The second kappa shape index (κ2) is 7.32. The normalized spacial score (nSPS) is 9.81. The Morgan fingerprint density at radius 2 is 2.31 bits per heavy atom. The summed E-state index contributed by atoms with van der Waals surface area (Å²) in [4.78, 5) is 0. The zero-order valence-electron chi connectivity index (χ0n) is 9.42. The molecule has 0 radical (unpaired) electrons. The summed E-state index contributed by atoms with van der Waals surface area (Å²) in [5.41, 5.74) is 1.23. The number of hydrogen-bond donors (Lipinski definition) is 1. The Labute approximate surface area is 106 Å². The summed E-state index contributed by atoms with van der Waals surface area (Å²) in [6.45, 7) is 1.81. The first-order chi connectivity index (χ1) is 7.77. The minimum atomic E-state index is 0.833. The third kappa shape index (κ3) is 4.26. The van der Waals surface area contributed by atoms with Crippen molar-refractivity contribution in [2.45, 2.75) is 19.4 Å². The molecule has 0 heterocycles. The Bertz CT molecular complexity index is 371. The SMILES string of the molecule is C#CCCCNCc1ccc(OC)c(Br)c1. The molecule has 0 spiro atoms. The van der Waals surface area contributed by atoms with Crippen LogP contribution in [0.1, 0.15) is 18.4 Å². The van der Waals surface area contributed by atoms with Gasteiger partial charge in [0.15, 0.2) is 0 Å². The van der Waals surface area contributed by atoms with E-state index in [1.165, 1.54) is 5.56 Å². The molecular formula is C13H16BrNO. The molecule has 0 unspecified atom stereocenters. The predicted octanol–water partition coefficient (Wildman–Crippen LogP) is 2.96. The number of halogens is 1. The first kappa shape index (κ1) is 13.1. The van der Waals surface area contributed by atoms with Crippen LogP contribution in [0.15, 0.2) is 22.7 Å². The van der Waals surface area contributed by atoms with Crippen LogP contribution in [0.25, 0.3) is 0 Å². The first-order valence-corrected chi connectivity index (χ1v) is 6.04. The van der Waals surface area contributed by atoms with Crippen LogP contribution in [0, 0.1) is 12.3 Å². The molecule has 3 heteroatoms. The van der Waals surface area contributed by atoms with Crippen LogP contribution < -0.4 is 10.1 Å². The van der Waals surface area contributed by atoms with Crippen LogP contribution in [0.2, 0.25) is 0 Å². The summed E-state index contributed by atoms with van der Waals surface area (Å²) in [5, 5.41) is 3.34. The van der Waals surface area contributed by atoms with E-state index in [9.17, 15) is 0 Å². The summed E-state index contributed by atoms with van der Waals surface area (Å²) in [6.07, 6.45) is 7.03. The van der Waals surface area contributed by atoms with Crippen molar-refractivity contribution in [3.05, 3.63) is 28.2 Å². The highest BCUT2D eigenvalue weighted by atomic mass is 79.9. The van der Waals surface area contributed by atoms with Crippen molar-refractivity contribution in [1.29, 1.82) is 0 Å². The lowest BCUT2D eigenvalue weighted by atomic mass is 10.2. The topological polar surface area (TPSA) is 21.3 Å². The molecule has 1 aromatic rings. The third-order valence-electron chi connectivity index (χ3n) is 2.22. The highest BCUT2D eigenvalue weighted by Crippen LogP contribution is 2.25. The third-order valence-corrected chi connectivity index (χ3v) is 2.84. The molecule has 0 fully saturated rings. The van der Waals surface area contributed by atoms with Gasteiger partial charge in [0.1, 0.15) is 5.75 Å². The molecule has 1 rings (SSSR count). The Morgan fingerprint density at radius 1 is 1.50 bits per heavy atom. The van der Waals surface area contributed by atoms with E-state index in [-0.39, 0.29) is 0 Å². The minimum absolute atomic E-state index is 0.833. The summed E-state index contributed by atoms with van der Waals surface area (Å²) < 4.78 is 6.15. The molecule has 0 atom stereocenters. The Kier molecular flexibility index (Phi) is 5.99. The number of hydrogen-bond acceptors (Lipinski definition) is 2. The van der Waals surface area contributed by atoms with Crippen molar-refractivity contribution in [2.24, 2.45) is 0 Å². The molecule has 1 aromatic carbocycles. The van der Waals surface area contributed by atoms with E-state index in [2.05, 4.69) is 39.3 Å². The Balaban J connectivity index is 2.38. The number of benzene rings is 1. The number of ether oxygens (including phenoxy) is 1. The maximum atomic E-state index is 5.18. The van der Waals surface area contributed by atoms with Gasteiger partial charge in [0, 0.05) is 13.0 Å². The van der Waals surface area contributed by atoms with E-state index in [0.717, 1.165) is 36.2 Å². The van der Waals surface area contributed by atoms with Crippen LogP contribution in [0.5, 0.6) is 5.75 Å². The van der Waals surface area contributed by atoms with Crippen LogP contribution in [0.3, 0.4) is 0 Å². The van der Waals surface area contributed by atoms with E-state index < -0.39 is 0 Å². The summed E-state index contributed by atoms with van der Waals surface area (Å²) in [5.74, 6) is 3.48. The number of rotatable bonds is 6. The fourth-order valence-corrected chi connectivity index (χ4v) is 1.96. The van der Waals surface area contributed by atoms with Gasteiger partial charge >= 0.3 is 0 Å². The Morgan fingerprint density at radius 3 is 2.94 bits per heavy atom. The van der Waals surface area contributed by atoms with E-state index in [1.54, 1.807) is 7.11 Å². The zero-order chi connectivity index (χ0) is 11.8. The molecule has 86 valence electrons. The lowest BCUT2D eigenvalue weighted by molar-refractivity contribution is 0.412. The number of methoxy groups -OCH3 is 1. The van der Waals surface area contributed by atoms with Gasteiger partial charge in [0.05, 0.1) is 11.6 Å². The average Bonchev–Trinajstić information content (AvgIpc) is 2.29. The smallest absolute Gasteiger partial charge is 0.133 e. The first-order valence-electron chi connectivity index (χ1n) is 5.24. The van der Waals surface area contributed by atoms with Gasteiger partial charge in [-0.05, 0) is 46.6 Å². The molecule has 2 nitrogen and oxygen atoms in total. The molecule has 0 amide bonds. The van der Waals surface area contributed by atoms with Gasteiger partial charge in [-0.1, -0.05) is 6.07 Å². The van der Waals surface area contributed by atoms with E-state index in [0.29, 0.717) is 0 Å². The summed E-state index contributed by atoms with van der Waals surface area (Å²) >= 11 is 3.46. The molecule has 0 saturated heterocycles. The Hall–Kier alpha value is -0.980. The standard InChI is InChI=1S/C13H16BrNO/c1-3-4-5-8-15-10-11-6-7-13(16-2)12(14)9-11/h1,6-7,9,15H,4-5,8,10H2,2H3. The van der Waals surface area contributed by atoms with Gasteiger partial charge in [-0.25, -0.2) is 0 Å². The highest BCUT2D eigenvalue weighted by Gasteiger charge is 2.00. The summed E-state index contributed by atoms with van der Waals surface area (Å²) in [7, 11) is 1.66. The van der Waals surface area contributed by atoms with Gasteiger partial charge in [-0.2, -0.15) is 0 Å². The van der Waals surface area contributed by atoms with Gasteiger partial charge in [-0.3, -0.25) is 0 Å². The van der Waals surface area contributed by atoms with Gasteiger partial charge in [0.25, 0.3) is 0 Å².